The second-order valence-electron chi connectivity index (χ2n) is 7.67. The molecule has 0 bridgehead atoms. The van der Waals surface area contributed by atoms with E-state index in [1.54, 1.807) is 12.0 Å². The first-order valence-electron chi connectivity index (χ1n) is 9.37. The van der Waals surface area contributed by atoms with Gasteiger partial charge in [0.05, 0.1) is 7.11 Å². The van der Waals surface area contributed by atoms with Gasteiger partial charge < -0.3 is 14.7 Å². The zero-order chi connectivity index (χ0) is 17.9. The van der Waals surface area contributed by atoms with Crippen LogP contribution in [-0.2, 0) is 11.3 Å². The molecule has 0 aliphatic carbocycles. The van der Waals surface area contributed by atoms with Gasteiger partial charge in [-0.25, -0.2) is 0 Å². The lowest BCUT2D eigenvalue weighted by Crippen LogP contribution is -2.59. The maximum atomic E-state index is 13.0. The molecular formula is C20H30N2O3. The quantitative estimate of drug-likeness (QED) is 0.889. The first kappa shape index (κ1) is 18.2. The molecule has 1 atom stereocenters. The van der Waals surface area contributed by atoms with Crippen LogP contribution in [0.4, 0.5) is 0 Å². The van der Waals surface area contributed by atoms with Crippen molar-refractivity contribution in [2.45, 2.75) is 44.8 Å². The van der Waals surface area contributed by atoms with E-state index in [9.17, 15) is 9.90 Å². The molecule has 2 saturated heterocycles. The number of amides is 1. The third kappa shape index (κ3) is 4.33. The van der Waals surface area contributed by atoms with Crippen molar-refractivity contribution >= 4 is 5.91 Å². The third-order valence-corrected chi connectivity index (χ3v) is 5.57. The number of carbonyl (C=O) groups is 1. The van der Waals surface area contributed by atoms with Crippen molar-refractivity contribution in [3.63, 3.8) is 0 Å². The summed E-state index contributed by atoms with van der Waals surface area (Å²) in [6, 6.07) is 7.78. The number of aliphatic hydroxyl groups is 1. The number of hydrogen-bond donors (Lipinski definition) is 1. The number of β-amino-alcohol motifs (C(OH)–C–C–N with tert-alkyl or cyclic N) is 1. The van der Waals surface area contributed by atoms with Crippen LogP contribution >= 0.6 is 0 Å². The lowest BCUT2D eigenvalue weighted by Gasteiger charge is -2.42. The average molecular weight is 346 g/mol. The fourth-order valence-corrected chi connectivity index (χ4v) is 3.94. The first-order chi connectivity index (χ1) is 12.0. The van der Waals surface area contributed by atoms with Gasteiger partial charge in [0.2, 0.25) is 0 Å². The normalized spacial score (nSPS) is 26.0. The van der Waals surface area contributed by atoms with Crippen molar-refractivity contribution in [1.29, 1.82) is 0 Å². The summed E-state index contributed by atoms with van der Waals surface area (Å²) in [5.41, 5.74) is -0.207. The van der Waals surface area contributed by atoms with Crippen molar-refractivity contribution in [1.82, 2.24) is 9.80 Å². The second kappa shape index (κ2) is 7.75. The van der Waals surface area contributed by atoms with Crippen LogP contribution in [0.5, 0.6) is 5.75 Å². The van der Waals surface area contributed by atoms with Crippen molar-refractivity contribution in [3.8, 4) is 5.75 Å². The topological polar surface area (TPSA) is 53.0 Å². The van der Waals surface area contributed by atoms with E-state index < -0.39 is 5.60 Å². The van der Waals surface area contributed by atoms with Gasteiger partial charge in [-0.2, -0.15) is 0 Å². The van der Waals surface area contributed by atoms with Gasteiger partial charge in [0, 0.05) is 19.6 Å². The number of rotatable bonds is 5. The summed E-state index contributed by atoms with van der Waals surface area (Å²) in [4.78, 5) is 17.0. The highest BCUT2D eigenvalue weighted by Crippen LogP contribution is 2.27. The van der Waals surface area contributed by atoms with Crippen molar-refractivity contribution in [3.05, 3.63) is 29.8 Å². The number of carbonyl (C=O) groups excluding carboxylic acids is 1. The molecule has 5 nitrogen and oxygen atoms in total. The molecule has 0 saturated carbocycles. The summed E-state index contributed by atoms with van der Waals surface area (Å²) < 4.78 is 5.26. The predicted molar refractivity (Wildman–Crippen MR) is 97.4 cm³/mol. The minimum atomic E-state index is -1.24. The molecule has 1 aromatic carbocycles. The molecule has 1 N–H and O–H groups in total. The Morgan fingerprint density at radius 3 is 2.76 bits per heavy atom. The van der Waals surface area contributed by atoms with E-state index in [0.29, 0.717) is 26.1 Å². The molecule has 0 radical (unpaired) electrons. The molecule has 2 aliphatic rings. The Morgan fingerprint density at radius 2 is 2.04 bits per heavy atom. The van der Waals surface area contributed by atoms with Crippen LogP contribution in [-0.4, -0.2) is 59.7 Å². The zero-order valence-electron chi connectivity index (χ0n) is 15.4. The molecule has 3 rings (SSSR count). The minimum absolute atomic E-state index is 0.125. The van der Waals surface area contributed by atoms with Crippen LogP contribution in [0.1, 0.15) is 38.2 Å². The standard InChI is InChI=1S/C20H30N2O3/c1-16-7-11-21(12-8-16)15-20(24)9-4-10-22(19(20)23)14-17-5-3-6-18(13-17)25-2/h3,5-6,13,16,24H,4,7-12,14-15H2,1-2H3/t20-/m1/s1. The lowest BCUT2D eigenvalue weighted by atomic mass is 9.89. The zero-order valence-corrected chi connectivity index (χ0v) is 15.4. The molecule has 1 amide bonds. The van der Waals surface area contributed by atoms with Crippen LogP contribution in [0.15, 0.2) is 24.3 Å². The first-order valence-corrected chi connectivity index (χ1v) is 9.37. The highest BCUT2D eigenvalue weighted by Gasteiger charge is 2.43. The summed E-state index contributed by atoms with van der Waals surface area (Å²) >= 11 is 0. The summed E-state index contributed by atoms with van der Waals surface area (Å²) in [7, 11) is 1.64. The van der Waals surface area contributed by atoms with Gasteiger partial charge in [-0.15, -0.1) is 0 Å². The van der Waals surface area contributed by atoms with Crippen LogP contribution in [0, 0.1) is 5.92 Å². The monoisotopic (exact) mass is 346 g/mol. The minimum Gasteiger partial charge on any atom is -0.497 e. The fourth-order valence-electron chi connectivity index (χ4n) is 3.94. The van der Waals surface area contributed by atoms with E-state index >= 15 is 0 Å². The van der Waals surface area contributed by atoms with E-state index in [0.717, 1.165) is 49.6 Å². The maximum absolute atomic E-state index is 13.0. The molecule has 0 aromatic heterocycles. The van der Waals surface area contributed by atoms with Crippen LogP contribution < -0.4 is 4.74 Å². The van der Waals surface area contributed by atoms with E-state index in [2.05, 4.69) is 11.8 Å². The molecular weight excluding hydrogens is 316 g/mol. The Balaban J connectivity index is 1.65. The SMILES string of the molecule is COc1cccc(CN2CCC[C@@](O)(CN3CCC(C)CC3)C2=O)c1. The van der Waals surface area contributed by atoms with E-state index in [1.165, 1.54) is 0 Å². The Labute approximate surface area is 150 Å². The highest BCUT2D eigenvalue weighted by molar-refractivity contribution is 5.86. The summed E-state index contributed by atoms with van der Waals surface area (Å²) in [5.74, 6) is 1.41. The Kier molecular flexibility index (Phi) is 5.64. The van der Waals surface area contributed by atoms with Crippen molar-refractivity contribution in [2.75, 3.05) is 33.3 Å². The summed E-state index contributed by atoms with van der Waals surface area (Å²) in [6.07, 6.45) is 3.71. The molecule has 0 unspecified atom stereocenters. The van der Waals surface area contributed by atoms with Crippen LogP contribution in [0.2, 0.25) is 0 Å². The molecule has 25 heavy (non-hydrogen) atoms. The fraction of sp³-hybridized carbons (Fsp3) is 0.650. The molecule has 0 spiro atoms. The Bertz CT molecular complexity index is 598. The van der Waals surface area contributed by atoms with Crippen LogP contribution in [0.3, 0.4) is 0 Å². The number of methoxy groups -OCH3 is 1. The van der Waals surface area contributed by atoms with Gasteiger partial charge in [0.25, 0.3) is 5.91 Å². The smallest absolute Gasteiger partial charge is 0.256 e. The largest absolute Gasteiger partial charge is 0.497 e. The van der Waals surface area contributed by atoms with Crippen molar-refractivity contribution in [2.24, 2.45) is 5.92 Å². The average Bonchev–Trinajstić information content (AvgIpc) is 2.61. The lowest BCUT2D eigenvalue weighted by molar-refractivity contribution is -0.160. The van der Waals surface area contributed by atoms with Gasteiger partial charge in [-0.05, 0) is 62.4 Å². The molecule has 2 heterocycles. The molecule has 1 aromatic rings. The molecule has 2 fully saturated rings. The molecule has 2 aliphatic heterocycles. The molecule has 138 valence electrons. The Hall–Kier alpha value is -1.59. The van der Waals surface area contributed by atoms with Gasteiger partial charge in [-0.1, -0.05) is 19.1 Å². The highest BCUT2D eigenvalue weighted by atomic mass is 16.5. The Morgan fingerprint density at radius 1 is 1.28 bits per heavy atom. The molecule has 5 heteroatoms. The van der Waals surface area contributed by atoms with E-state index in [1.807, 2.05) is 24.3 Å². The number of piperidine rings is 2. The predicted octanol–water partition coefficient (Wildman–Crippen LogP) is 2.28. The number of likely N-dealkylation sites (tertiary alicyclic amines) is 2. The van der Waals surface area contributed by atoms with Gasteiger partial charge in [-0.3, -0.25) is 9.69 Å². The second-order valence-corrected chi connectivity index (χ2v) is 7.67. The van der Waals surface area contributed by atoms with E-state index in [4.69, 9.17) is 4.74 Å². The number of hydrogen-bond acceptors (Lipinski definition) is 4. The van der Waals surface area contributed by atoms with Gasteiger partial charge >= 0.3 is 0 Å². The third-order valence-electron chi connectivity index (χ3n) is 5.57. The van der Waals surface area contributed by atoms with Crippen molar-refractivity contribution < 1.29 is 14.6 Å². The van der Waals surface area contributed by atoms with Gasteiger partial charge in [0.1, 0.15) is 5.75 Å². The van der Waals surface area contributed by atoms with Gasteiger partial charge in [0.15, 0.2) is 5.60 Å². The summed E-state index contributed by atoms with van der Waals surface area (Å²) in [5, 5.41) is 11.0. The maximum Gasteiger partial charge on any atom is 0.256 e. The summed E-state index contributed by atoms with van der Waals surface area (Å²) in [6.45, 7) is 5.92. The number of ether oxygens (including phenoxy) is 1. The number of benzene rings is 1. The number of nitrogens with zero attached hydrogens (tertiary/aromatic N) is 2. The van der Waals surface area contributed by atoms with Crippen LogP contribution in [0.25, 0.3) is 0 Å². The van der Waals surface area contributed by atoms with E-state index in [-0.39, 0.29) is 5.91 Å².